The quantitative estimate of drug-likeness (QED) is 0.0628. The lowest BCUT2D eigenvalue weighted by Gasteiger charge is -2.46. The first-order valence-corrected chi connectivity index (χ1v) is 28.5. The first-order chi connectivity index (χ1) is 28.7. The second-order valence-electron chi connectivity index (χ2n) is 10.3. The minimum absolute atomic E-state index is 0. The molecule has 2 aliphatic rings. The van der Waals surface area contributed by atoms with Gasteiger partial charge in [0.2, 0.25) is 5.79 Å². The molecule has 19 radical (unpaired) electrons. The molecule has 40 N–H and O–H groups in total. The Morgan fingerprint density at radius 1 is 0.310 bits per heavy atom. The summed E-state index contributed by atoms with van der Waals surface area (Å²) in [6, 6.07) is 0. The normalized spacial score (nSPS) is 21.1. The van der Waals surface area contributed by atoms with Crippen LogP contribution in [0.2, 0.25) is 0 Å². The summed E-state index contributed by atoms with van der Waals surface area (Å²) in [5.74, 6) is -3.80. The van der Waals surface area contributed by atoms with Crippen LogP contribution in [0, 0.1) is 0 Å². The van der Waals surface area contributed by atoms with E-state index in [1.807, 2.05) is 0 Å². The molecule has 0 spiro atoms. The summed E-state index contributed by atoms with van der Waals surface area (Å²) >= 11 is 9.26. The number of hydrogen-bond donors (Lipinski definition) is 0. The van der Waals surface area contributed by atoms with Crippen LogP contribution < -0.4 is 0 Å². The molecule has 0 aliphatic carbocycles. The largest absolute Gasteiger partial charge is 0.412 e. The average Bonchev–Trinajstić information content (AvgIpc) is 3.47. The van der Waals surface area contributed by atoms with Crippen LogP contribution in [0.3, 0.4) is 0 Å². The second-order valence-corrected chi connectivity index (χ2v) is 24.6. The van der Waals surface area contributed by atoms with Gasteiger partial charge in [-0.05, 0) is 0 Å². The van der Waals surface area contributed by atoms with E-state index >= 15 is 0 Å². The molecule has 0 aromatic heterocycles. The van der Waals surface area contributed by atoms with Crippen LogP contribution in [0.4, 0.5) is 0 Å². The highest BCUT2D eigenvalue weighted by atomic mass is 32.3. The van der Waals surface area contributed by atoms with Crippen molar-refractivity contribution in [2.24, 2.45) is 0 Å². The molecule has 84 heavy (non-hydrogen) atoms. The van der Waals surface area contributed by atoms with Crippen LogP contribution in [-0.4, -0.2) is 402 Å². The highest BCUT2D eigenvalue weighted by Gasteiger charge is 2.65. The van der Waals surface area contributed by atoms with Gasteiger partial charge in [0.1, 0.15) is 37.1 Å². The van der Waals surface area contributed by atoms with Crippen LogP contribution in [0.25, 0.3) is 0 Å². The maximum Gasteiger partial charge on any atom is 0.408 e. The summed E-state index contributed by atoms with van der Waals surface area (Å²) in [5.41, 5.74) is 0. The SMILES string of the molecule is O.O.O.O.O.O.O.O.O.O.O.O.O.O.O.O.O.O.O.O.O=S(=O)([O][Al])OC[C@H]1O[C@@](COS(=O)(=O)[O][Al])(O[C@H]2O[C@H](COS(=O)(=O)[O][Al])[C@@H](OS(=O)(=O)[O][Al])[C@H](OS(=O)(=O)[O][Al])[C@H]2OS(=O)(=O)[O][Al])[C@@H](OS(=O)(=O)[O][Al])[C@@H]1OS(=O)(=O)[O][Al].[Al]. The van der Waals surface area contributed by atoms with Gasteiger partial charge in [-0.2, -0.15) is 67.3 Å². The summed E-state index contributed by atoms with van der Waals surface area (Å²) in [4.78, 5) is 0. The number of ether oxygens (including phenoxy) is 3. The molecular formula is C12H54Al9O55S8. The Labute approximate surface area is 553 Å². The molecule has 0 aromatic carbocycles. The molecular weight excluding hydrogens is 1520 g/mol. The Kier molecular flexibility index (Phi) is 99.6. The van der Waals surface area contributed by atoms with E-state index in [1.54, 1.807) is 0 Å². The van der Waals surface area contributed by atoms with Gasteiger partial charge in [-0.15, -0.1) is 0 Å². The van der Waals surface area contributed by atoms with E-state index in [9.17, 15) is 67.3 Å². The summed E-state index contributed by atoms with van der Waals surface area (Å²) in [6.07, 6.45) is -23.4. The zero-order chi connectivity index (χ0) is 48.7. The topological polar surface area (TPSA) is 1080 Å². The van der Waals surface area contributed by atoms with E-state index < -0.39 is 158 Å². The predicted molar refractivity (Wildman–Crippen MR) is 264 cm³/mol. The van der Waals surface area contributed by atoms with Crippen LogP contribution in [-0.2, 0) is 157 Å². The molecule has 0 amide bonds. The fourth-order valence-electron chi connectivity index (χ4n) is 4.41. The van der Waals surface area contributed by atoms with E-state index in [4.69, 9.17) is 35.1 Å². The molecule has 0 saturated carbocycles. The van der Waals surface area contributed by atoms with Gasteiger partial charge in [0.15, 0.2) is 18.5 Å². The lowest BCUT2D eigenvalue weighted by molar-refractivity contribution is -0.374. The third-order valence-corrected chi connectivity index (χ3v) is 17.7. The molecule has 2 heterocycles. The lowest BCUT2D eigenvalue weighted by Crippen LogP contribution is -2.66. The van der Waals surface area contributed by atoms with Crippen molar-refractivity contribution in [3.05, 3.63) is 0 Å². The Bertz CT molecular complexity index is 2470. The number of rotatable bonds is 29. The lowest BCUT2D eigenvalue weighted by atomic mass is 9.99. The first-order valence-electron chi connectivity index (χ1n) is 14.1. The van der Waals surface area contributed by atoms with Crippen molar-refractivity contribution in [1.82, 2.24) is 0 Å². The molecule has 2 saturated heterocycles. The zero-order valence-corrected chi connectivity index (χ0v) is 56.9. The van der Waals surface area contributed by atoms with Gasteiger partial charge < -0.3 is 150 Å². The second kappa shape index (κ2) is 58.4. The molecule has 507 valence electrons. The smallest absolute Gasteiger partial charge is 0.408 e. The van der Waals surface area contributed by atoms with Crippen molar-refractivity contribution < 1.29 is 250 Å². The highest BCUT2D eigenvalue weighted by Crippen LogP contribution is 2.43. The zero-order valence-electron chi connectivity index (χ0n) is 40.0. The van der Waals surface area contributed by atoms with Crippen molar-refractivity contribution in [3.63, 3.8) is 0 Å². The van der Waals surface area contributed by atoms with E-state index in [-0.39, 0.29) is 127 Å². The van der Waals surface area contributed by atoms with Gasteiger partial charge in [0.05, 0.1) is 13.2 Å². The molecule has 0 aromatic rings. The van der Waals surface area contributed by atoms with Gasteiger partial charge in [0, 0.05) is 17.4 Å². The third kappa shape index (κ3) is 45.2. The van der Waals surface area contributed by atoms with Crippen molar-refractivity contribution >= 4 is 234 Å². The van der Waals surface area contributed by atoms with Crippen LogP contribution in [0.1, 0.15) is 0 Å². The third-order valence-electron chi connectivity index (χ3n) is 6.59. The molecule has 9 atom stereocenters. The number of hydrogen-bond acceptors (Lipinski definition) is 35. The van der Waals surface area contributed by atoms with Gasteiger partial charge >= 0.3 is 216 Å². The van der Waals surface area contributed by atoms with Crippen LogP contribution in [0.15, 0.2) is 0 Å². The van der Waals surface area contributed by atoms with Gasteiger partial charge in [0.25, 0.3) is 0 Å². The van der Waals surface area contributed by atoms with E-state index in [0.29, 0.717) is 0 Å². The van der Waals surface area contributed by atoms with Gasteiger partial charge in [-0.3, -0.25) is 0 Å². The van der Waals surface area contributed by atoms with Gasteiger partial charge in [-0.1, -0.05) is 0 Å². The maximum absolute atomic E-state index is 12.9. The monoisotopic (exact) mass is 1580 g/mol. The van der Waals surface area contributed by atoms with E-state index in [0.717, 1.165) is 99.7 Å². The van der Waals surface area contributed by atoms with E-state index in [1.165, 1.54) is 33.2 Å². The van der Waals surface area contributed by atoms with E-state index in [2.05, 4.69) is 38.4 Å². The molecule has 72 heteroatoms. The minimum atomic E-state index is -5.67. The van der Waals surface area contributed by atoms with Crippen molar-refractivity contribution in [1.29, 1.82) is 0 Å². The standard InChI is InChI=1S/C12H22O35S8.9Al.20H2O/c13-48(14,15)37-1-4-6(43-51(22,23)24)8(45-53(28,29)30)9(46-54(31,32)33)11(40-4)42-12(3-39-50(19,20)21)10(47-55(34,35)36)7(44-52(25,26)27)5(41-12)2-38-49(16,17)18;;;;;;;;;;;;;;;;;;;;;;;;;;;;;/h4-11H,1-3H2,(H,13,14,15)(H,16,17,18)(H,19,20,21)(H,22,23,24)(H,25,26,27)(H,28,29,30)(H,31,32,33)(H,34,35,36);;;;;;;;;;20*1H2/q;;8*+1;;;;;;;;;;;;;;;;;;;;/p-8/t4-,5-,6-,7-,8+,9-,10+,11-,12+;;;;;;;;;;;;;;;;;;;;;;;;;;;;;/m1............................./s1. The summed E-state index contributed by atoms with van der Waals surface area (Å²) in [7, 11) is -43.7. The predicted octanol–water partition coefficient (Wildman–Crippen LogP) is -27.3. The van der Waals surface area contributed by atoms with Crippen molar-refractivity contribution in [3.8, 4) is 0 Å². The van der Waals surface area contributed by atoms with Gasteiger partial charge in [-0.25, -0.2) is 33.5 Å². The van der Waals surface area contributed by atoms with Crippen molar-refractivity contribution in [2.45, 2.75) is 54.8 Å². The Morgan fingerprint density at radius 2 is 0.560 bits per heavy atom. The van der Waals surface area contributed by atoms with Crippen molar-refractivity contribution in [2.75, 3.05) is 19.8 Å². The minimum Gasteiger partial charge on any atom is -0.412 e. The summed E-state index contributed by atoms with van der Waals surface area (Å²) < 4.78 is 288. The highest BCUT2D eigenvalue weighted by molar-refractivity contribution is 7.84. The first kappa shape index (κ1) is 143. The Balaban J connectivity index is -0.000000108. The van der Waals surface area contributed by atoms with Crippen LogP contribution in [0.5, 0.6) is 0 Å². The molecule has 2 aliphatic heterocycles. The molecule has 55 nitrogen and oxygen atoms in total. The summed E-state index contributed by atoms with van der Waals surface area (Å²) in [5, 5.41) is 0. The Morgan fingerprint density at radius 3 is 0.869 bits per heavy atom. The van der Waals surface area contributed by atoms with Crippen LogP contribution >= 0.6 is 0 Å². The summed E-state index contributed by atoms with van der Waals surface area (Å²) in [6.45, 7) is -5.31. The molecule has 0 bridgehead atoms. The fraction of sp³-hybridized carbons (Fsp3) is 1.00. The molecule has 0 unspecified atom stereocenters. The average molecular weight is 1580 g/mol. The molecule has 2 fully saturated rings. The maximum atomic E-state index is 12.9. The Hall–Kier alpha value is 2.83. The fourth-order valence-corrected chi connectivity index (χ4v) is 9.37. The molecule has 2 rings (SSSR count).